The summed E-state index contributed by atoms with van der Waals surface area (Å²) < 4.78 is 19.7. The summed E-state index contributed by atoms with van der Waals surface area (Å²) in [4.78, 5) is 48.8. The van der Waals surface area contributed by atoms with Crippen LogP contribution in [0.4, 0.5) is 4.79 Å². The van der Waals surface area contributed by atoms with Gasteiger partial charge in [-0.2, -0.15) is 0 Å². The first kappa shape index (κ1) is 21.0. The quantitative estimate of drug-likeness (QED) is 0.185. The first-order chi connectivity index (χ1) is 14.4. The van der Waals surface area contributed by atoms with Crippen molar-refractivity contribution < 1.29 is 42.9 Å². The van der Waals surface area contributed by atoms with E-state index in [1.165, 1.54) is 18.2 Å². The fourth-order valence-electron chi connectivity index (χ4n) is 2.75. The predicted molar refractivity (Wildman–Crippen MR) is 100 cm³/mol. The topological polar surface area (TPSA) is 129 Å². The summed E-state index contributed by atoms with van der Waals surface area (Å²) in [6.07, 6.45) is -1.02. The van der Waals surface area contributed by atoms with Gasteiger partial charge in [-0.25, -0.2) is 4.79 Å². The number of aliphatic hydroxyl groups excluding tert-OH is 1. The van der Waals surface area contributed by atoms with Crippen molar-refractivity contribution in [1.29, 1.82) is 0 Å². The molecule has 0 unspecified atom stereocenters. The number of fused-ring (bicyclic) bond motifs is 2. The van der Waals surface area contributed by atoms with Crippen molar-refractivity contribution in [1.82, 2.24) is 0 Å². The third kappa shape index (κ3) is 4.47. The second-order valence-corrected chi connectivity index (χ2v) is 6.28. The maximum absolute atomic E-state index is 12.6. The molecule has 156 valence electrons. The van der Waals surface area contributed by atoms with Crippen LogP contribution in [0.2, 0.25) is 0 Å². The number of rotatable bonds is 9. The standard InChI is InChI=1S/C21H18O9/c1-12(28-11-29-21(26)27-8-4-7-22)9-16(23)17-10-15-18(24)13-5-2-3-6-14(13)19(25)20(15)30-17/h2-3,5-6,10,22H,1,4,7-9,11H2. The fourth-order valence-corrected chi connectivity index (χ4v) is 2.75. The molecule has 0 saturated heterocycles. The molecule has 0 bridgehead atoms. The Morgan fingerprint density at radius 3 is 2.40 bits per heavy atom. The molecule has 0 radical (unpaired) electrons. The minimum Gasteiger partial charge on any atom is -0.462 e. The fraction of sp³-hybridized carbons (Fsp3) is 0.238. The Labute approximate surface area is 170 Å². The summed E-state index contributed by atoms with van der Waals surface area (Å²) in [5.74, 6) is -1.80. The number of benzene rings is 1. The van der Waals surface area contributed by atoms with Crippen LogP contribution in [0.3, 0.4) is 0 Å². The minimum absolute atomic E-state index is 0.000759. The molecule has 9 nitrogen and oxygen atoms in total. The molecule has 2 aromatic rings. The van der Waals surface area contributed by atoms with Crippen LogP contribution >= 0.6 is 0 Å². The molecule has 1 N–H and O–H groups in total. The second kappa shape index (κ2) is 9.19. The van der Waals surface area contributed by atoms with E-state index >= 15 is 0 Å². The summed E-state index contributed by atoms with van der Waals surface area (Å²) >= 11 is 0. The number of Topliss-reactive ketones (excluding diaryl/α,β-unsaturated/α-hetero) is 1. The first-order valence-electron chi connectivity index (χ1n) is 8.98. The van der Waals surface area contributed by atoms with Crippen LogP contribution < -0.4 is 0 Å². The van der Waals surface area contributed by atoms with Gasteiger partial charge in [0, 0.05) is 24.2 Å². The smallest absolute Gasteiger partial charge is 0.462 e. The Hall–Kier alpha value is -3.72. The maximum Gasteiger partial charge on any atom is 0.511 e. The molecule has 30 heavy (non-hydrogen) atoms. The highest BCUT2D eigenvalue weighted by Gasteiger charge is 2.34. The van der Waals surface area contributed by atoms with E-state index in [1.807, 2.05) is 0 Å². The highest BCUT2D eigenvalue weighted by atomic mass is 16.8. The second-order valence-electron chi connectivity index (χ2n) is 6.28. The van der Waals surface area contributed by atoms with Crippen LogP contribution in [0.25, 0.3) is 0 Å². The summed E-state index contributed by atoms with van der Waals surface area (Å²) in [6.45, 7) is 2.91. The molecule has 1 aliphatic rings. The zero-order valence-electron chi connectivity index (χ0n) is 15.8. The Balaban J connectivity index is 1.57. The third-order valence-corrected chi connectivity index (χ3v) is 4.19. The lowest BCUT2D eigenvalue weighted by Crippen LogP contribution is -2.18. The predicted octanol–water partition coefficient (Wildman–Crippen LogP) is 2.65. The number of hydrogen-bond acceptors (Lipinski definition) is 9. The van der Waals surface area contributed by atoms with Crippen LogP contribution in [-0.2, 0) is 14.2 Å². The largest absolute Gasteiger partial charge is 0.511 e. The lowest BCUT2D eigenvalue weighted by Gasteiger charge is -2.11. The molecule has 0 aliphatic heterocycles. The van der Waals surface area contributed by atoms with Gasteiger partial charge in [0.15, 0.2) is 17.3 Å². The van der Waals surface area contributed by atoms with Gasteiger partial charge in [0.05, 0.1) is 18.6 Å². The summed E-state index contributed by atoms with van der Waals surface area (Å²) in [7, 11) is 0. The van der Waals surface area contributed by atoms with E-state index < -0.39 is 30.3 Å². The molecule has 1 heterocycles. The molecular formula is C21H18O9. The molecule has 1 aliphatic carbocycles. The minimum atomic E-state index is -0.988. The van der Waals surface area contributed by atoms with Gasteiger partial charge in [0.25, 0.3) is 0 Å². The maximum atomic E-state index is 12.6. The molecule has 3 rings (SSSR count). The first-order valence-corrected chi connectivity index (χ1v) is 8.98. The Morgan fingerprint density at radius 2 is 1.70 bits per heavy atom. The van der Waals surface area contributed by atoms with E-state index in [2.05, 4.69) is 16.1 Å². The van der Waals surface area contributed by atoms with Gasteiger partial charge in [-0.05, 0) is 6.07 Å². The number of ether oxygens (including phenoxy) is 3. The van der Waals surface area contributed by atoms with Gasteiger partial charge in [-0.15, -0.1) is 0 Å². The van der Waals surface area contributed by atoms with Gasteiger partial charge in [-0.1, -0.05) is 30.8 Å². The number of furan rings is 1. The van der Waals surface area contributed by atoms with Crippen LogP contribution in [-0.4, -0.2) is 48.6 Å². The van der Waals surface area contributed by atoms with Crippen molar-refractivity contribution in [3.05, 3.63) is 70.9 Å². The molecule has 0 amide bonds. The normalized spacial score (nSPS) is 12.0. The average molecular weight is 414 g/mol. The summed E-state index contributed by atoms with van der Waals surface area (Å²) in [5, 5.41) is 8.59. The molecule has 0 spiro atoms. The lowest BCUT2D eigenvalue weighted by atomic mass is 9.88. The van der Waals surface area contributed by atoms with Crippen molar-refractivity contribution in [3.63, 3.8) is 0 Å². The zero-order valence-corrected chi connectivity index (χ0v) is 15.8. The van der Waals surface area contributed by atoms with Crippen LogP contribution in [0.15, 0.2) is 47.1 Å². The molecular weight excluding hydrogens is 396 g/mol. The Morgan fingerprint density at radius 1 is 1.00 bits per heavy atom. The van der Waals surface area contributed by atoms with E-state index in [4.69, 9.17) is 14.3 Å². The molecule has 1 aromatic carbocycles. The summed E-state index contributed by atoms with van der Waals surface area (Å²) in [5.41, 5.74) is 0.507. The average Bonchev–Trinajstić information content (AvgIpc) is 3.18. The van der Waals surface area contributed by atoms with Gasteiger partial charge >= 0.3 is 6.16 Å². The number of hydrogen-bond donors (Lipinski definition) is 1. The third-order valence-electron chi connectivity index (χ3n) is 4.19. The lowest BCUT2D eigenvalue weighted by molar-refractivity contribution is -0.0226. The molecule has 9 heteroatoms. The SMILES string of the molecule is C=C(CC(=O)c1cc2c(o1)C(=O)c1ccccc1C2=O)OCOC(=O)OCCCO. The molecule has 0 fully saturated rings. The van der Waals surface area contributed by atoms with E-state index in [0.29, 0.717) is 0 Å². The van der Waals surface area contributed by atoms with Crippen LogP contribution in [0, 0.1) is 0 Å². The Bertz CT molecular complexity index is 963. The zero-order chi connectivity index (χ0) is 21.7. The summed E-state index contributed by atoms with van der Waals surface area (Å²) in [6, 6.07) is 7.57. The van der Waals surface area contributed by atoms with E-state index in [-0.39, 0.29) is 60.0 Å². The van der Waals surface area contributed by atoms with E-state index in [9.17, 15) is 19.2 Å². The van der Waals surface area contributed by atoms with Crippen molar-refractivity contribution in [3.8, 4) is 0 Å². The molecule has 1 aromatic heterocycles. The number of allylic oxidation sites excluding steroid dienone is 1. The van der Waals surface area contributed by atoms with E-state index in [1.54, 1.807) is 12.1 Å². The van der Waals surface area contributed by atoms with Crippen molar-refractivity contribution in [2.45, 2.75) is 12.8 Å². The van der Waals surface area contributed by atoms with Crippen molar-refractivity contribution >= 4 is 23.5 Å². The van der Waals surface area contributed by atoms with Gasteiger partial charge in [-0.3, -0.25) is 14.4 Å². The highest BCUT2D eigenvalue weighted by molar-refractivity contribution is 6.27. The van der Waals surface area contributed by atoms with E-state index in [0.717, 1.165) is 0 Å². The van der Waals surface area contributed by atoms with Gasteiger partial charge in [0.1, 0.15) is 5.76 Å². The van der Waals surface area contributed by atoms with Gasteiger partial charge < -0.3 is 23.7 Å². The van der Waals surface area contributed by atoms with Crippen molar-refractivity contribution in [2.24, 2.45) is 0 Å². The number of ketones is 3. The monoisotopic (exact) mass is 414 g/mol. The van der Waals surface area contributed by atoms with Gasteiger partial charge in [0.2, 0.25) is 18.4 Å². The van der Waals surface area contributed by atoms with Crippen LogP contribution in [0.5, 0.6) is 0 Å². The molecule has 0 atom stereocenters. The van der Waals surface area contributed by atoms with Crippen molar-refractivity contribution in [2.75, 3.05) is 20.0 Å². The number of carbonyl (C=O) groups excluding carboxylic acids is 4. The van der Waals surface area contributed by atoms with Crippen LogP contribution in [0.1, 0.15) is 55.4 Å². The number of aliphatic hydroxyl groups is 1. The highest BCUT2D eigenvalue weighted by Crippen LogP contribution is 2.30. The Kier molecular flexibility index (Phi) is 6.43. The molecule has 0 saturated carbocycles. The number of carbonyl (C=O) groups is 4.